The second-order valence-electron chi connectivity index (χ2n) is 8.61. The predicted molar refractivity (Wildman–Crippen MR) is 120 cm³/mol. The molecule has 5 nitrogen and oxygen atoms in total. The number of hydrogen-bond acceptors (Lipinski definition) is 5. The minimum atomic E-state index is -0.300. The maximum absolute atomic E-state index is 13.1. The second-order valence-corrected chi connectivity index (χ2v) is 8.61. The fraction of sp³-hybridized carbons (Fsp3) is 0.538. The van der Waals surface area contributed by atoms with Gasteiger partial charge in [-0.2, -0.15) is 0 Å². The van der Waals surface area contributed by atoms with E-state index in [1.807, 2.05) is 32.2 Å². The quantitative estimate of drug-likeness (QED) is 0.557. The minimum Gasteiger partial charge on any atom is -0.490 e. The van der Waals surface area contributed by atoms with E-state index >= 15 is 0 Å². The van der Waals surface area contributed by atoms with Crippen LogP contribution in [0.5, 0.6) is 11.5 Å². The van der Waals surface area contributed by atoms with Crippen LogP contribution in [0.15, 0.2) is 40.7 Å². The molecular weight excluding hydrogens is 390 g/mol. The summed E-state index contributed by atoms with van der Waals surface area (Å²) in [6.07, 6.45) is 6.67. The smallest absolute Gasteiger partial charge is 0.161 e. The average molecular weight is 424 g/mol. The molecule has 1 aromatic carbocycles. The van der Waals surface area contributed by atoms with Gasteiger partial charge in [0.1, 0.15) is 0 Å². The molecule has 0 radical (unpaired) electrons. The van der Waals surface area contributed by atoms with E-state index in [4.69, 9.17) is 9.47 Å². The van der Waals surface area contributed by atoms with Crippen molar-refractivity contribution < 1.29 is 19.1 Å². The van der Waals surface area contributed by atoms with Crippen molar-refractivity contribution in [2.75, 3.05) is 20.3 Å². The summed E-state index contributed by atoms with van der Waals surface area (Å²) in [4.78, 5) is 28.4. The van der Waals surface area contributed by atoms with Gasteiger partial charge in [-0.1, -0.05) is 19.4 Å². The number of carbonyl (C=O) groups is 2. The van der Waals surface area contributed by atoms with Gasteiger partial charge in [-0.25, -0.2) is 0 Å². The molecule has 5 heteroatoms. The average Bonchev–Trinajstić information content (AvgIpc) is 2.76. The standard InChI is InChI=1S/C26H33NO4/c1-4-6-15-31-22-14-13-17(16-23(22)30-5-2)24-25-18(9-7-11-20(25)28)27(3)19-10-8-12-21(29)26(19)24/h13-14,16,24H,4-12,15H2,1-3H3. The van der Waals surface area contributed by atoms with Gasteiger partial charge < -0.3 is 14.4 Å². The molecule has 4 rings (SSSR count). The zero-order valence-electron chi connectivity index (χ0n) is 19.0. The Morgan fingerprint density at radius 2 is 1.55 bits per heavy atom. The van der Waals surface area contributed by atoms with Crippen LogP contribution in [-0.2, 0) is 9.59 Å². The molecule has 0 saturated heterocycles. The first kappa shape index (κ1) is 21.7. The molecule has 0 N–H and O–H groups in total. The van der Waals surface area contributed by atoms with E-state index in [9.17, 15) is 9.59 Å². The normalized spacial score (nSPS) is 19.5. The Balaban J connectivity index is 1.82. The van der Waals surface area contributed by atoms with E-state index in [1.165, 1.54) is 0 Å². The van der Waals surface area contributed by atoms with Crippen LogP contribution in [-0.4, -0.2) is 36.7 Å². The molecule has 0 bridgehead atoms. The van der Waals surface area contributed by atoms with Crippen LogP contribution in [0.1, 0.15) is 76.7 Å². The first-order chi connectivity index (χ1) is 15.1. The summed E-state index contributed by atoms with van der Waals surface area (Å²) in [6, 6.07) is 5.94. The Bertz CT molecular complexity index is 899. The Kier molecular flexibility index (Phi) is 6.49. The summed E-state index contributed by atoms with van der Waals surface area (Å²) in [6.45, 7) is 5.26. The van der Waals surface area contributed by atoms with Crippen LogP contribution in [0, 0.1) is 0 Å². The maximum Gasteiger partial charge on any atom is 0.161 e. The van der Waals surface area contributed by atoms with Crippen molar-refractivity contribution in [1.82, 2.24) is 4.90 Å². The number of hydrogen-bond donors (Lipinski definition) is 0. The van der Waals surface area contributed by atoms with Gasteiger partial charge in [-0.3, -0.25) is 9.59 Å². The Hall–Kier alpha value is -2.56. The van der Waals surface area contributed by atoms with Crippen LogP contribution in [0.2, 0.25) is 0 Å². The number of Topliss-reactive ketones (excluding diaryl/α,β-unsaturated/α-hetero) is 2. The fourth-order valence-corrected chi connectivity index (χ4v) is 5.10. The second kappa shape index (κ2) is 9.29. The van der Waals surface area contributed by atoms with E-state index in [2.05, 4.69) is 11.8 Å². The molecule has 1 aromatic rings. The maximum atomic E-state index is 13.1. The zero-order chi connectivity index (χ0) is 22.0. The third-order valence-electron chi connectivity index (χ3n) is 6.60. The molecule has 0 unspecified atom stereocenters. The van der Waals surface area contributed by atoms with Gasteiger partial charge in [0.25, 0.3) is 0 Å². The highest BCUT2D eigenvalue weighted by molar-refractivity contribution is 6.06. The number of nitrogens with zero attached hydrogens (tertiary/aromatic N) is 1. The highest BCUT2D eigenvalue weighted by atomic mass is 16.5. The van der Waals surface area contributed by atoms with Gasteiger partial charge in [0.05, 0.1) is 13.2 Å². The van der Waals surface area contributed by atoms with E-state index in [0.717, 1.165) is 72.4 Å². The fourth-order valence-electron chi connectivity index (χ4n) is 5.10. The molecule has 2 aliphatic carbocycles. The van der Waals surface area contributed by atoms with Crippen molar-refractivity contribution in [2.24, 2.45) is 0 Å². The first-order valence-corrected chi connectivity index (χ1v) is 11.7. The third kappa shape index (κ3) is 4.02. The molecular formula is C26H33NO4. The largest absolute Gasteiger partial charge is 0.490 e. The highest BCUT2D eigenvalue weighted by Crippen LogP contribution is 2.49. The van der Waals surface area contributed by atoms with Gasteiger partial charge in [0, 0.05) is 48.3 Å². The molecule has 0 amide bonds. The number of allylic oxidation sites excluding steroid dienone is 4. The Morgan fingerprint density at radius 1 is 0.903 bits per heavy atom. The third-order valence-corrected chi connectivity index (χ3v) is 6.60. The number of ether oxygens (including phenoxy) is 2. The molecule has 0 fully saturated rings. The highest BCUT2D eigenvalue weighted by Gasteiger charge is 2.42. The molecule has 31 heavy (non-hydrogen) atoms. The van der Waals surface area contributed by atoms with Crippen molar-refractivity contribution in [3.63, 3.8) is 0 Å². The summed E-state index contributed by atoms with van der Waals surface area (Å²) in [5.41, 5.74) is 4.76. The lowest BCUT2D eigenvalue weighted by Crippen LogP contribution is -2.37. The number of unbranched alkanes of at least 4 members (excludes halogenated alkanes) is 1. The van der Waals surface area contributed by atoms with Gasteiger partial charge in [-0.15, -0.1) is 0 Å². The number of ketones is 2. The number of carbonyl (C=O) groups excluding carboxylic acids is 2. The lowest BCUT2D eigenvalue weighted by Gasteiger charge is -2.42. The van der Waals surface area contributed by atoms with Crippen LogP contribution in [0.4, 0.5) is 0 Å². The van der Waals surface area contributed by atoms with Crippen molar-refractivity contribution >= 4 is 11.6 Å². The van der Waals surface area contributed by atoms with Gasteiger partial charge in [0.15, 0.2) is 23.1 Å². The molecule has 166 valence electrons. The van der Waals surface area contributed by atoms with Crippen LogP contribution >= 0.6 is 0 Å². The summed E-state index contributed by atoms with van der Waals surface area (Å²) in [5.74, 6) is 1.45. The topological polar surface area (TPSA) is 55.8 Å². The van der Waals surface area contributed by atoms with Gasteiger partial charge >= 0.3 is 0 Å². The molecule has 1 aliphatic heterocycles. The van der Waals surface area contributed by atoms with Gasteiger partial charge in [0.2, 0.25) is 0 Å². The SMILES string of the molecule is CCCCOc1ccc(C2C3=C(CCCC3=O)N(C)C3=C2C(=O)CCC3)cc1OCC. The van der Waals surface area contributed by atoms with Crippen LogP contribution < -0.4 is 9.47 Å². The van der Waals surface area contributed by atoms with E-state index < -0.39 is 0 Å². The summed E-state index contributed by atoms with van der Waals surface area (Å²) in [7, 11) is 2.02. The van der Waals surface area contributed by atoms with Crippen molar-refractivity contribution in [2.45, 2.75) is 71.1 Å². The lowest BCUT2D eigenvalue weighted by molar-refractivity contribution is -0.117. The Labute approximate surface area is 185 Å². The Morgan fingerprint density at radius 3 is 2.13 bits per heavy atom. The van der Waals surface area contributed by atoms with Crippen LogP contribution in [0.3, 0.4) is 0 Å². The van der Waals surface area contributed by atoms with E-state index in [-0.39, 0.29) is 17.5 Å². The predicted octanol–water partition coefficient (Wildman–Crippen LogP) is 5.31. The first-order valence-electron chi connectivity index (χ1n) is 11.7. The molecule has 3 aliphatic rings. The van der Waals surface area contributed by atoms with E-state index in [0.29, 0.717) is 31.8 Å². The van der Waals surface area contributed by atoms with Crippen molar-refractivity contribution in [3.8, 4) is 11.5 Å². The summed E-state index contributed by atoms with van der Waals surface area (Å²) in [5, 5.41) is 0. The monoisotopic (exact) mass is 423 g/mol. The van der Waals surface area contributed by atoms with E-state index in [1.54, 1.807) is 0 Å². The zero-order valence-corrected chi connectivity index (χ0v) is 19.0. The number of benzene rings is 1. The number of rotatable bonds is 7. The van der Waals surface area contributed by atoms with Crippen LogP contribution in [0.25, 0.3) is 0 Å². The molecule has 0 saturated carbocycles. The summed E-state index contributed by atoms with van der Waals surface area (Å²) >= 11 is 0. The van der Waals surface area contributed by atoms with Crippen molar-refractivity contribution in [1.29, 1.82) is 0 Å². The summed E-state index contributed by atoms with van der Waals surface area (Å²) < 4.78 is 11.9. The molecule has 0 spiro atoms. The molecule has 0 aromatic heterocycles. The van der Waals surface area contributed by atoms with Gasteiger partial charge in [-0.05, 0) is 56.7 Å². The molecule has 1 heterocycles. The minimum absolute atomic E-state index is 0.171. The molecule has 0 atom stereocenters. The van der Waals surface area contributed by atoms with Crippen molar-refractivity contribution in [3.05, 3.63) is 46.3 Å². The lowest BCUT2D eigenvalue weighted by atomic mass is 9.71.